The minimum absolute atomic E-state index is 0.0890. The normalized spacial score (nSPS) is 18.7. The Balaban J connectivity index is 1.85. The minimum atomic E-state index is 0.0890. The quantitative estimate of drug-likeness (QED) is 0.858. The molecule has 0 N–H and O–H groups in total. The molecule has 1 aliphatic heterocycles. The van der Waals surface area contributed by atoms with E-state index < -0.39 is 0 Å². The maximum atomic E-state index is 12.9. The van der Waals surface area contributed by atoms with E-state index in [0.717, 1.165) is 40.0 Å². The van der Waals surface area contributed by atoms with Crippen molar-refractivity contribution < 1.29 is 9.53 Å². The number of hydrogen-bond acceptors (Lipinski definition) is 5. The monoisotopic (exact) mass is 345 g/mol. The lowest BCUT2D eigenvalue weighted by atomic mass is 10.0. The second kappa shape index (κ2) is 6.91. The Bertz CT molecular complexity index is 744. The molecular formula is C18H23N3O2S. The first kappa shape index (κ1) is 16.9. The number of aromatic nitrogens is 1. The van der Waals surface area contributed by atoms with Crippen LogP contribution in [0.2, 0.25) is 0 Å². The number of amides is 1. The number of thiazole rings is 1. The van der Waals surface area contributed by atoms with Crippen molar-refractivity contribution in [2.45, 2.75) is 19.9 Å². The van der Waals surface area contributed by atoms with Crippen LogP contribution in [0.15, 0.2) is 24.3 Å². The number of hydrogen-bond donors (Lipinski definition) is 0. The Labute approximate surface area is 146 Å². The topological polar surface area (TPSA) is 45.7 Å². The van der Waals surface area contributed by atoms with E-state index in [1.165, 1.54) is 11.3 Å². The fourth-order valence-electron chi connectivity index (χ4n) is 3.21. The van der Waals surface area contributed by atoms with Gasteiger partial charge in [0.05, 0.1) is 23.9 Å². The van der Waals surface area contributed by atoms with Crippen LogP contribution in [0.4, 0.5) is 0 Å². The molecule has 128 valence electrons. The number of methoxy groups -OCH3 is 1. The molecule has 24 heavy (non-hydrogen) atoms. The lowest BCUT2D eigenvalue weighted by Crippen LogP contribution is -2.49. The van der Waals surface area contributed by atoms with E-state index in [0.29, 0.717) is 6.54 Å². The summed E-state index contributed by atoms with van der Waals surface area (Å²) in [6.07, 6.45) is 0. The van der Waals surface area contributed by atoms with Crippen molar-refractivity contribution in [3.05, 3.63) is 45.4 Å². The number of nitrogens with zero attached hydrogens (tertiary/aromatic N) is 3. The third kappa shape index (κ3) is 3.16. The third-order valence-electron chi connectivity index (χ3n) is 4.53. The van der Waals surface area contributed by atoms with Crippen LogP contribution in [0.5, 0.6) is 5.75 Å². The summed E-state index contributed by atoms with van der Waals surface area (Å²) >= 11 is 1.48. The van der Waals surface area contributed by atoms with Crippen molar-refractivity contribution in [3.8, 4) is 5.75 Å². The summed E-state index contributed by atoms with van der Waals surface area (Å²) in [5, 5.41) is 0.936. The van der Waals surface area contributed by atoms with E-state index in [4.69, 9.17) is 4.74 Å². The van der Waals surface area contributed by atoms with Crippen LogP contribution in [0, 0.1) is 13.8 Å². The lowest BCUT2D eigenvalue weighted by Gasteiger charge is -2.40. The van der Waals surface area contributed by atoms with Crippen LogP contribution in [0.3, 0.4) is 0 Å². The van der Waals surface area contributed by atoms with Gasteiger partial charge < -0.3 is 9.64 Å². The van der Waals surface area contributed by atoms with Crippen molar-refractivity contribution >= 4 is 17.2 Å². The van der Waals surface area contributed by atoms with Gasteiger partial charge in [-0.25, -0.2) is 4.98 Å². The average molecular weight is 345 g/mol. The highest BCUT2D eigenvalue weighted by molar-refractivity contribution is 7.13. The zero-order chi connectivity index (χ0) is 17.3. The van der Waals surface area contributed by atoms with Crippen molar-refractivity contribution in [1.82, 2.24) is 14.8 Å². The maximum absolute atomic E-state index is 12.9. The predicted molar refractivity (Wildman–Crippen MR) is 95.9 cm³/mol. The van der Waals surface area contributed by atoms with Crippen molar-refractivity contribution in [2.24, 2.45) is 0 Å². The molecule has 1 fully saturated rings. The number of carbonyl (C=O) groups excluding carboxylic acids is 1. The smallest absolute Gasteiger partial charge is 0.265 e. The van der Waals surface area contributed by atoms with E-state index in [-0.39, 0.29) is 11.9 Å². The van der Waals surface area contributed by atoms with Crippen molar-refractivity contribution in [2.75, 3.05) is 33.8 Å². The van der Waals surface area contributed by atoms with Gasteiger partial charge in [0.2, 0.25) is 0 Å². The molecule has 1 atom stereocenters. The van der Waals surface area contributed by atoms with Gasteiger partial charge in [-0.05, 0) is 27.0 Å². The minimum Gasteiger partial charge on any atom is -0.496 e. The molecule has 0 aliphatic carbocycles. The second-order valence-corrected chi connectivity index (χ2v) is 7.34. The van der Waals surface area contributed by atoms with Gasteiger partial charge in [0.25, 0.3) is 5.91 Å². The van der Waals surface area contributed by atoms with Crippen LogP contribution >= 0.6 is 11.3 Å². The van der Waals surface area contributed by atoms with E-state index in [1.807, 2.05) is 36.9 Å². The standard InChI is InChI=1S/C18H23N3O2S/c1-12-17(24-13(2)19-12)18(22)21-10-9-20(3)15(11-21)14-7-5-6-8-16(14)23-4/h5-8,15H,9-11H2,1-4H3/t15-/m0/s1. The van der Waals surface area contributed by atoms with Gasteiger partial charge in [0, 0.05) is 25.2 Å². The number of rotatable bonds is 3. The molecule has 2 aromatic rings. The average Bonchev–Trinajstić information content (AvgIpc) is 2.93. The summed E-state index contributed by atoms with van der Waals surface area (Å²) < 4.78 is 5.51. The molecule has 0 saturated carbocycles. The first-order valence-corrected chi connectivity index (χ1v) is 8.89. The summed E-state index contributed by atoms with van der Waals surface area (Å²) in [6.45, 7) is 6.08. The van der Waals surface area contributed by atoms with E-state index in [9.17, 15) is 4.79 Å². The first-order chi connectivity index (χ1) is 11.5. The molecule has 1 saturated heterocycles. The predicted octanol–water partition coefficient (Wildman–Crippen LogP) is 2.90. The Morgan fingerprint density at radius 3 is 2.71 bits per heavy atom. The van der Waals surface area contributed by atoms with Gasteiger partial charge in [-0.15, -0.1) is 11.3 Å². The molecule has 6 heteroatoms. The van der Waals surface area contributed by atoms with Crippen LogP contribution in [-0.4, -0.2) is 54.5 Å². The van der Waals surface area contributed by atoms with E-state index in [1.54, 1.807) is 7.11 Å². The Hall–Kier alpha value is -1.92. The number of carbonyl (C=O) groups is 1. The fraction of sp³-hybridized carbons (Fsp3) is 0.444. The van der Waals surface area contributed by atoms with Gasteiger partial charge >= 0.3 is 0 Å². The maximum Gasteiger partial charge on any atom is 0.265 e. The van der Waals surface area contributed by atoms with E-state index in [2.05, 4.69) is 23.0 Å². The molecule has 0 unspecified atom stereocenters. The van der Waals surface area contributed by atoms with Crippen LogP contribution < -0.4 is 4.74 Å². The number of benzene rings is 1. The number of ether oxygens (including phenoxy) is 1. The molecule has 1 amide bonds. The molecule has 0 spiro atoms. The zero-order valence-electron chi connectivity index (χ0n) is 14.6. The fourth-order valence-corrected chi connectivity index (χ4v) is 4.10. The van der Waals surface area contributed by atoms with Crippen molar-refractivity contribution in [1.29, 1.82) is 0 Å². The Morgan fingerprint density at radius 2 is 2.04 bits per heavy atom. The Morgan fingerprint density at radius 1 is 1.29 bits per heavy atom. The molecule has 0 bridgehead atoms. The molecule has 1 aliphatic rings. The van der Waals surface area contributed by atoms with Crippen LogP contribution in [0.25, 0.3) is 0 Å². The van der Waals surface area contributed by atoms with Crippen molar-refractivity contribution in [3.63, 3.8) is 0 Å². The molecule has 5 nitrogen and oxygen atoms in total. The van der Waals surface area contributed by atoms with Crippen LogP contribution in [0.1, 0.15) is 32.0 Å². The highest BCUT2D eigenvalue weighted by Gasteiger charge is 2.31. The number of para-hydroxylation sites is 1. The molecule has 2 heterocycles. The Kier molecular flexibility index (Phi) is 4.87. The van der Waals surface area contributed by atoms with E-state index >= 15 is 0 Å². The van der Waals surface area contributed by atoms with Gasteiger partial charge in [-0.1, -0.05) is 18.2 Å². The third-order valence-corrected chi connectivity index (χ3v) is 5.59. The molecular weight excluding hydrogens is 322 g/mol. The summed E-state index contributed by atoms with van der Waals surface area (Å²) in [5.41, 5.74) is 1.95. The van der Waals surface area contributed by atoms with Gasteiger partial charge in [0.1, 0.15) is 10.6 Å². The molecule has 3 rings (SSSR count). The SMILES string of the molecule is COc1ccccc1[C@@H]1CN(C(=O)c2sc(C)nc2C)CCN1C. The zero-order valence-corrected chi connectivity index (χ0v) is 15.4. The number of piperazine rings is 1. The summed E-state index contributed by atoms with van der Waals surface area (Å²) in [4.78, 5) is 22.3. The molecule has 0 radical (unpaired) electrons. The largest absolute Gasteiger partial charge is 0.496 e. The van der Waals surface area contributed by atoms with Gasteiger partial charge in [0.15, 0.2) is 0 Å². The summed E-state index contributed by atoms with van der Waals surface area (Å²) in [5.74, 6) is 0.958. The highest BCUT2D eigenvalue weighted by atomic mass is 32.1. The van der Waals surface area contributed by atoms with Gasteiger partial charge in [-0.3, -0.25) is 9.69 Å². The van der Waals surface area contributed by atoms with Gasteiger partial charge in [-0.2, -0.15) is 0 Å². The number of aryl methyl sites for hydroxylation is 2. The first-order valence-electron chi connectivity index (χ1n) is 8.07. The number of likely N-dealkylation sites (N-methyl/N-ethyl adjacent to an activating group) is 1. The second-order valence-electron chi connectivity index (χ2n) is 6.14. The molecule has 1 aromatic heterocycles. The summed E-state index contributed by atoms with van der Waals surface area (Å²) in [6, 6.07) is 8.17. The molecule has 1 aromatic carbocycles. The lowest BCUT2D eigenvalue weighted by molar-refractivity contribution is 0.0546. The highest BCUT2D eigenvalue weighted by Crippen LogP contribution is 2.32. The summed E-state index contributed by atoms with van der Waals surface area (Å²) in [7, 11) is 3.79. The van der Waals surface area contributed by atoms with Crippen LogP contribution in [-0.2, 0) is 0 Å².